The highest BCUT2D eigenvalue weighted by Gasteiger charge is 2.21. The third-order valence-corrected chi connectivity index (χ3v) is 2.94. The number of carbonyl (C=O) groups is 1. The number of hydrogen-bond donors (Lipinski definition) is 1. The molecule has 0 bridgehead atoms. The quantitative estimate of drug-likeness (QED) is 0.680. The van der Waals surface area contributed by atoms with Crippen LogP contribution in [-0.2, 0) is 0 Å². The van der Waals surface area contributed by atoms with Crippen molar-refractivity contribution >= 4 is 33.9 Å². The smallest absolute Gasteiger partial charge is 0.256 e. The zero-order chi connectivity index (χ0) is 10.4. The molecule has 1 heterocycles. The monoisotopic (exact) mass is 213 g/mol. The number of nitrogens with one attached hydrogen (secondary N) is 1. The molecule has 0 radical (unpaired) electrons. The number of hydrogen-bond acceptors (Lipinski definition) is 2. The predicted octanol–water partition coefficient (Wildman–Crippen LogP) is 2.26. The van der Waals surface area contributed by atoms with Crippen LogP contribution in [0.15, 0.2) is 36.4 Å². The van der Waals surface area contributed by atoms with Crippen LogP contribution in [0.1, 0.15) is 15.9 Å². The Bertz CT molecular complexity index is 555. The van der Waals surface area contributed by atoms with Crippen molar-refractivity contribution in [2.24, 2.45) is 0 Å². The Morgan fingerprint density at radius 3 is 2.40 bits per heavy atom. The molecule has 3 rings (SSSR count). The summed E-state index contributed by atoms with van der Waals surface area (Å²) >= 11 is 5.14. The summed E-state index contributed by atoms with van der Waals surface area (Å²) in [6, 6.07) is 11.6. The molecule has 0 spiro atoms. The molecule has 3 heteroatoms. The van der Waals surface area contributed by atoms with Crippen molar-refractivity contribution in [3.8, 4) is 0 Å². The van der Waals surface area contributed by atoms with Gasteiger partial charge in [0.15, 0.2) is 0 Å². The minimum atomic E-state index is -0.107. The van der Waals surface area contributed by atoms with Gasteiger partial charge in [0.25, 0.3) is 5.91 Å². The number of thiocarbonyl (C=S) groups is 1. The molecule has 2 aromatic rings. The van der Waals surface area contributed by atoms with E-state index in [1.165, 1.54) is 0 Å². The maximum atomic E-state index is 11.7. The van der Waals surface area contributed by atoms with Crippen LogP contribution in [0.3, 0.4) is 0 Å². The van der Waals surface area contributed by atoms with Gasteiger partial charge in [0.2, 0.25) is 0 Å². The first kappa shape index (κ1) is 8.56. The topological polar surface area (TPSA) is 29.1 Å². The molecule has 2 nitrogen and oxygen atoms in total. The highest BCUT2D eigenvalue weighted by Crippen LogP contribution is 2.26. The lowest BCUT2D eigenvalue weighted by molar-refractivity contribution is 0.0978. The minimum Gasteiger partial charge on any atom is -0.312 e. The van der Waals surface area contributed by atoms with Crippen molar-refractivity contribution in [3.05, 3.63) is 47.5 Å². The van der Waals surface area contributed by atoms with Crippen LogP contribution in [0.5, 0.6) is 0 Å². The molecule has 0 unspecified atom stereocenters. The SMILES string of the molecule is O=C1NC(=S)c2cccc3cccc1c23. The maximum Gasteiger partial charge on any atom is 0.256 e. The maximum absolute atomic E-state index is 11.7. The highest BCUT2D eigenvalue weighted by atomic mass is 32.1. The molecule has 1 amide bonds. The summed E-state index contributed by atoms with van der Waals surface area (Å²) in [5.41, 5.74) is 1.65. The first-order chi connectivity index (χ1) is 7.27. The second kappa shape index (κ2) is 2.87. The van der Waals surface area contributed by atoms with Gasteiger partial charge in [0.05, 0.1) is 0 Å². The normalized spacial score (nSPS) is 14.1. The van der Waals surface area contributed by atoms with Gasteiger partial charge in [-0.3, -0.25) is 4.79 Å². The Labute approximate surface area is 91.9 Å². The highest BCUT2D eigenvalue weighted by molar-refractivity contribution is 7.80. The first-order valence-corrected chi connectivity index (χ1v) is 5.05. The Morgan fingerprint density at radius 2 is 1.67 bits per heavy atom. The fourth-order valence-electron chi connectivity index (χ4n) is 1.96. The molecular formula is C12H7NOS. The summed E-state index contributed by atoms with van der Waals surface area (Å²) in [6.45, 7) is 0. The van der Waals surface area contributed by atoms with Crippen molar-refractivity contribution < 1.29 is 4.79 Å². The van der Waals surface area contributed by atoms with Gasteiger partial charge < -0.3 is 5.32 Å². The van der Waals surface area contributed by atoms with Crippen LogP contribution in [0.4, 0.5) is 0 Å². The zero-order valence-corrected chi connectivity index (χ0v) is 8.60. The van der Waals surface area contributed by atoms with Crippen molar-refractivity contribution in [2.75, 3.05) is 0 Å². The predicted molar refractivity (Wildman–Crippen MR) is 63.1 cm³/mol. The summed E-state index contributed by atoms with van der Waals surface area (Å²) in [4.78, 5) is 12.2. The molecule has 0 saturated heterocycles. The molecule has 1 N–H and O–H groups in total. The van der Waals surface area contributed by atoms with Crippen molar-refractivity contribution in [1.82, 2.24) is 5.32 Å². The summed E-state index contributed by atoms with van der Waals surface area (Å²) < 4.78 is 0. The van der Waals surface area contributed by atoms with Crippen LogP contribution in [0, 0.1) is 0 Å². The van der Waals surface area contributed by atoms with Gasteiger partial charge in [-0.25, -0.2) is 0 Å². The molecule has 1 aliphatic rings. The first-order valence-electron chi connectivity index (χ1n) is 4.65. The third-order valence-electron chi connectivity index (χ3n) is 2.62. The van der Waals surface area contributed by atoms with E-state index in [-0.39, 0.29) is 5.91 Å². The summed E-state index contributed by atoms with van der Waals surface area (Å²) in [6.07, 6.45) is 0. The molecule has 0 aromatic heterocycles. The molecule has 15 heavy (non-hydrogen) atoms. The Morgan fingerprint density at radius 1 is 1.00 bits per heavy atom. The van der Waals surface area contributed by atoms with Gasteiger partial charge in [-0.1, -0.05) is 42.5 Å². The molecule has 2 aromatic carbocycles. The van der Waals surface area contributed by atoms with E-state index >= 15 is 0 Å². The lowest BCUT2D eigenvalue weighted by Crippen LogP contribution is -2.33. The van der Waals surface area contributed by atoms with Gasteiger partial charge in [0.1, 0.15) is 4.99 Å². The van der Waals surface area contributed by atoms with Gasteiger partial charge in [0, 0.05) is 16.5 Å². The molecule has 0 fully saturated rings. The van der Waals surface area contributed by atoms with Crippen molar-refractivity contribution in [2.45, 2.75) is 0 Å². The van der Waals surface area contributed by atoms with E-state index in [1.54, 1.807) is 0 Å². The van der Waals surface area contributed by atoms with Gasteiger partial charge in [-0.05, 0) is 11.5 Å². The Hall–Kier alpha value is -1.74. The second-order valence-corrected chi connectivity index (χ2v) is 3.90. The molecular weight excluding hydrogens is 206 g/mol. The number of benzene rings is 2. The summed E-state index contributed by atoms with van der Waals surface area (Å²) in [5, 5.41) is 4.71. The van der Waals surface area contributed by atoms with Gasteiger partial charge in [-0.2, -0.15) is 0 Å². The summed E-state index contributed by atoms with van der Waals surface area (Å²) in [7, 11) is 0. The molecule has 1 aliphatic heterocycles. The van der Waals surface area contributed by atoms with Crippen LogP contribution in [0.2, 0.25) is 0 Å². The standard InChI is InChI=1S/C12H7NOS/c14-11-8-5-1-3-7-4-2-6-9(10(7)8)12(15)13-11/h1-6H,(H,13,14,15). The fourth-order valence-corrected chi connectivity index (χ4v) is 2.22. The van der Waals surface area contributed by atoms with E-state index in [1.807, 2.05) is 36.4 Å². The van der Waals surface area contributed by atoms with Crippen LogP contribution >= 0.6 is 12.2 Å². The molecule has 0 atom stereocenters. The zero-order valence-electron chi connectivity index (χ0n) is 7.78. The molecule has 72 valence electrons. The van der Waals surface area contributed by atoms with Gasteiger partial charge >= 0.3 is 0 Å². The average Bonchev–Trinajstić information content (AvgIpc) is 2.25. The Balaban J connectivity index is 2.56. The number of carbonyl (C=O) groups excluding carboxylic acids is 1. The van der Waals surface area contributed by atoms with Crippen molar-refractivity contribution in [3.63, 3.8) is 0 Å². The second-order valence-electron chi connectivity index (χ2n) is 3.49. The van der Waals surface area contributed by atoms with E-state index < -0.39 is 0 Å². The van der Waals surface area contributed by atoms with Gasteiger partial charge in [-0.15, -0.1) is 0 Å². The minimum absolute atomic E-state index is 0.107. The van der Waals surface area contributed by atoms with E-state index in [0.29, 0.717) is 10.6 Å². The molecule has 0 saturated carbocycles. The largest absolute Gasteiger partial charge is 0.312 e. The van der Waals surface area contributed by atoms with Crippen LogP contribution < -0.4 is 5.32 Å². The fraction of sp³-hybridized carbons (Fsp3) is 0. The van der Waals surface area contributed by atoms with Crippen molar-refractivity contribution in [1.29, 1.82) is 0 Å². The average molecular weight is 213 g/mol. The Kier molecular flexibility index (Phi) is 1.64. The van der Waals surface area contributed by atoms with E-state index in [9.17, 15) is 4.79 Å². The van der Waals surface area contributed by atoms with E-state index in [2.05, 4.69) is 5.32 Å². The number of amides is 1. The van der Waals surface area contributed by atoms with Crippen LogP contribution in [-0.4, -0.2) is 10.9 Å². The van der Waals surface area contributed by atoms with Crippen LogP contribution in [0.25, 0.3) is 10.8 Å². The lowest BCUT2D eigenvalue weighted by Gasteiger charge is -2.17. The third kappa shape index (κ3) is 1.10. The molecule has 0 aliphatic carbocycles. The lowest BCUT2D eigenvalue weighted by atomic mass is 9.96. The summed E-state index contributed by atoms with van der Waals surface area (Å²) in [5.74, 6) is -0.107. The van der Waals surface area contributed by atoms with E-state index in [4.69, 9.17) is 12.2 Å². The number of rotatable bonds is 0. The van der Waals surface area contributed by atoms with E-state index in [0.717, 1.165) is 16.3 Å².